The Bertz CT molecular complexity index is 428. The second-order valence-corrected chi connectivity index (χ2v) is 5.71. The van der Waals surface area contributed by atoms with Gasteiger partial charge in [0, 0.05) is 17.7 Å². The Morgan fingerprint density at radius 1 is 1.30 bits per heavy atom. The van der Waals surface area contributed by atoms with Crippen molar-refractivity contribution in [3.8, 4) is 11.5 Å². The van der Waals surface area contributed by atoms with Gasteiger partial charge in [0.25, 0.3) is 0 Å². The third kappa shape index (κ3) is 3.64. The molecule has 0 amide bonds. The maximum Gasteiger partial charge on any atom is 0.124 e. The second kappa shape index (κ2) is 6.95. The van der Waals surface area contributed by atoms with Gasteiger partial charge in [0.2, 0.25) is 0 Å². The van der Waals surface area contributed by atoms with Crippen molar-refractivity contribution in [1.82, 2.24) is 10.2 Å². The molecule has 1 heterocycles. The summed E-state index contributed by atoms with van der Waals surface area (Å²) in [6, 6.07) is 5.07. The van der Waals surface area contributed by atoms with Gasteiger partial charge in [-0.05, 0) is 57.9 Å². The van der Waals surface area contributed by atoms with Crippen LogP contribution in [0.5, 0.6) is 11.5 Å². The molecule has 0 spiro atoms. The average Bonchev–Trinajstić information content (AvgIpc) is 2.45. The van der Waals surface area contributed by atoms with E-state index in [2.05, 4.69) is 24.1 Å². The molecule has 1 aromatic rings. The van der Waals surface area contributed by atoms with Crippen LogP contribution < -0.4 is 5.32 Å². The first kappa shape index (κ1) is 15.1. The minimum Gasteiger partial charge on any atom is -0.508 e. The van der Waals surface area contributed by atoms with Gasteiger partial charge in [-0.2, -0.15) is 0 Å². The maximum absolute atomic E-state index is 9.96. The standard InChI is InChI=1S/C16H26N2O2/c1-3-17-11-13-6-8-18(9-7-13)12(2)15-5-4-14(19)10-16(15)20/h4-5,10,12-13,17,19-20H,3,6-9,11H2,1-2H3. The molecule has 4 nitrogen and oxygen atoms in total. The zero-order chi connectivity index (χ0) is 14.5. The minimum absolute atomic E-state index is 0.114. The van der Waals surface area contributed by atoms with E-state index < -0.39 is 0 Å². The van der Waals surface area contributed by atoms with E-state index in [4.69, 9.17) is 0 Å². The summed E-state index contributed by atoms with van der Waals surface area (Å²) in [6.07, 6.45) is 2.41. The lowest BCUT2D eigenvalue weighted by atomic mass is 9.94. The fourth-order valence-electron chi connectivity index (χ4n) is 2.97. The molecule has 1 aliphatic rings. The number of piperidine rings is 1. The molecule has 1 aromatic carbocycles. The lowest BCUT2D eigenvalue weighted by Gasteiger charge is -2.36. The Hall–Kier alpha value is -1.26. The molecule has 1 saturated heterocycles. The molecule has 0 saturated carbocycles. The lowest BCUT2D eigenvalue weighted by molar-refractivity contribution is 0.139. The molecule has 3 N–H and O–H groups in total. The predicted octanol–water partition coefficient (Wildman–Crippen LogP) is 2.48. The summed E-state index contributed by atoms with van der Waals surface area (Å²) >= 11 is 0. The van der Waals surface area contributed by atoms with Gasteiger partial charge in [-0.15, -0.1) is 0 Å². The van der Waals surface area contributed by atoms with Crippen molar-refractivity contribution in [2.45, 2.75) is 32.7 Å². The molecular weight excluding hydrogens is 252 g/mol. The number of likely N-dealkylation sites (tertiary alicyclic amines) is 1. The highest BCUT2D eigenvalue weighted by Crippen LogP contribution is 2.33. The van der Waals surface area contributed by atoms with Crippen molar-refractivity contribution >= 4 is 0 Å². The largest absolute Gasteiger partial charge is 0.508 e. The van der Waals surface area contributed by atoms with Crippen LogP contribution in [0.15, 0.2) is 18.2 Å². The van der Waals surface area contributed by atoms with Crippen molar-refractivity contribution in [3.63, 3.8) is 0 Å². The van der Waals surface area contributed by atoms with Crippen LogP contribution in [0.1, 0.15) is 38.3 Å². The fourth-order valence-corrected chi connectivity index (χ4v) is 2.97. The molecule has 0 aliphatic carbocycles. The summed E-state index contributed by atoms with van der Waals surface area (Å²) in [5.74, 6) is 1.07. The van der Waals surface area contributed by atoms with E-state index in [1.54, 1.807) is 6.07 Å². The van der Waals surface area contributed by atoms with E-state index in [1.807, 2.05) is 6.07 Å². The highest BCUT2D eigenvalue weighted by atomic mass is 16.3. The predicted molar refractivity (Wildman–Crippen MR) is 81.0 cm³/mol. The highest BCUT2D eigenvalue weighted by molar-refractivity contribution is 5.40. The van der Waals surface area contributed by atoms with Crippen LogP contribution in [0.4, 0.5) is 0 Å². The number of phenols is 2. The van der Waals surface area contributed by atoms with Crippen molar-refractivity contribution in [3.05, 3.63) is 23.8 Å². The number of nitrogens with one attached hydrogen (secondary N) is 1. The number of rotatable bonds is 5. The number of benzene rings is 1. The maximum atomic E-state index is 9.96. The monoisotopic (exact) mass is 278 g/mol. The van der Waals surface area contributed by atoms with Crippen LogP contribution in [-0.2, 0) is 0 Å². The van der Waals surface area contributed by atoms with Crippen LogP contribution in [0, 0.1) is 5.92 Å². The van der Waals surface area contributed by atoms with Crippen LogP contribution in [0.3, 0.4) is 0 Å². The van der Waals surface area contributed by atoms with Gasteiger partial charge in [0.05, 0.1) is 0 Å². The average molecular weight is 278 g/mol. The normalized spacial score (nSPS) is 19.1. The molecule has 4 heteroatoms. The van der Waals surface area contributed by atoms with E-state index in [0.29, 0.717) is 0 Å². The number of aromatic hydroxyl groups is 2. The molecule has 0 aromatic heterocycles. The molecule has 1 unspecified atom stereocenters. The Balaban J connectivity index is 1.92. The summed E-state index contributed by atoms with van der Waals surface area (Å²) in [7, 11) is 0. The zero-order valence-corrected chi connectivity index (χ0v) is 12.5. The van der Waals surface area contributed by atoms with Gasteiger partial charge in [-0.25, -0.2) is 0 Å². The van der Waals surface area contributed by atoms with Crippen molar-refractivity contribution < 1.29 is 10.2 Å². The van der Waals surface area contributed by atoms with Gasteiger partial charge < -0.3 is 15.5 Å². The van der Waals surface area contributed by atoms with E-state index in [0.717, 1.165) is 37.7 Å². The van der Waals surface area contributed by atoms with Gasteiger partial charge >= 0.3 is 0 Å². The topological polar surface area (TPSA) is 55.7 Å². The molecule has 20 heavy (non-hydrogen) atoms. The first-order chi connectivity index (χ1) is 9.61. The molecule has 1 fully saturated rings. The molecule has 2 rings (SSSR count). The number of hydrogen-bond donors (Lipinski definition) is 3. The van der Waals surface area contributed by atoms with Crippen LogP contribution in [0.25, 0.3) is 0 Å². The molecule has 0 bridgehead atoms. The van der Waals surface area contributed by atoms with E-state index in [-0.39, 0.29) is 17.5 Å². The summed E-state index contributed by atoms with van der Waals surface area (Å²) < 4.78 is 0. The van der Waals surface area contributed by atoms with Crippen LogP contribution in [-0.4, -0.2) is 41.3 Å². The molecule has 1 aliphatic heterocycles. The van der Waals surface area contributed by atoms with E-state index in [1.165, 1.54) is 18.9 Å². The molecule has 0 radical (unpaired) electrons. The fraction of sp³-hybridized carbons (Fsp3) is 0.625. The van der Waals surface area contributed by atoms with Gasteiger partial charge in [-0.1, -0.05) is 13.0 Å². The highest BCUT2D eigenvalue weighted by Gasteiger charge is 2.24. The van der Waals surface area contributed by atoms with Gasteiger partial charge in [-0.3, -0.25) is 4.90 Å². The quantitative estimate of drug-likeness (QED) is 0.774. The van der Waals surface area contributed by atoms with Crippen LogP contribution >= 0.6 is 0 Å². The Morgan fingerprint density at radius 3 is 2.60 bits per heavy atom. The van der Waals surface area contributed by atoms with Crippen molar-refractivity contribution in [2.24, 2.45) is 5.92 Å². The lowest BCUT2D eigenvalue weighted by Crippen LogP contribution is -2.38. The second-order valence-electron chi connectivity index (χ2n) is 5.71. The molecule has 1 atom stereocenters. The first-order valence-corrected chi connectivity index (χ1v) is 7.58. The van der Waals surface area contributed by atoms with Crippen molar-refractivity contribution in [2.75, 3.05) is 26.2 Å². The Labute approximate surface area is 121 Å². The summed E-state index contributed by atoms with van der Waals surface area (Å²) in [4.78, 5) is 2.41. The van der Waals surface area contributed by atoms with Gasteiger partial charge in [0.1, 0.15) is 11.5 Å². The minimum atomic E-state index is 0.114. The Kier molecular flexibility index (Phi) is 5.26. The first-order valence-electron chi connectivity index (χ1n) is 7.58. The van der Waals surface area contributed by atoms with Gasteiger partial charge in [0.15, 0.2) is 0 Å². The van der Waals surface area contributed by atoms with Crippen LogP contribution in [0.2, 0.25) is 0 Å². The summed E-state index contributed by atoms with van der Waals surface area (Å²) in [5, 5.41) is 22.8. The smallest absolute Gasteiger partial charge is 0.124 e. The summed E-state index contributed by atoms with van der Waals surface area (Å²) in [6.45, 7) is 8.55. The third-order valence-electron chi connectivity index (χ3n) is 4.34. The van der Waals surface area contributed by atoms with Crippen molar-refractivity contribution in [1.29, 1.82) is 0 Å². The molecular formula is C16H26N2O2. The Morgan fingerprint density at radius 2 is 2.00 bits per heavy atom. The van der Waals surface area contributed by atoms with E-state index in [9.17, 15) is 10.2 Å². The summed E-state index contributed by atoms with van der Waals surface area (Å²) in [5.41, 5.74) is 0.896. The zero-order valence-electron chi connectivity index (χ0n) is 12.5. The number of hydrogen-bond acceptors (Lipinski definition) is 4. The number of nitrogens with zero attached hydrogens (tertiary/aromatic N) is 1. The number of phenolic OH excluding ortho intramolecular Hbond substituents is 2. The third-order valence-corrected chi connectivity index (χ3v) is 4.34. The van der Waals surface area contributed by atoms with E-state index >= 15 is 0 Å². The molecule has 112 valence electrons. The SMILES string of the molecule is CCNCC1CCN(C(C)c2ccc(O)cc2O)CC1.